The Morgan fingerprint density at radius 1 is 1.14 bits per heavy atom. The molecule has 1 atom stereocenters. The van der Waals surface area contributed by atoms with Crippen molar-refractivity contribution in [3.05, 3.63) is 93.0 Å². The van der Waals surface area contributed by atoms with Gasteiger partial charge < -0.3 is 15.3 Å². The monoisotopic (exact) mass is 513 g/mol. The maximum Gasteiger partial charge on any atom is 0.200 e. The van der Waals surface area contributed by atoms with Gasteiger partial charge in [-0.2, -0.15) is 5.10 Å². The first-order valence-corrected chi connectivity index (χ1v) is 12.3. The van der Waals surface area contributed by atoms with Gasteiger partial charge in [-0.3, -0.25) is 4.79 Å². The fourth-order valence-electron chi connectivity index (χ4n) is 4.54. The molecule has 1 unspecified atom stereocenters. The van der Waals surface area contributed by atoms with Crippen molar-refractivity contribution in [1.29, 1.82) is 0 Å². The Kier molecular flexibility index (Phi) is 5.54. The maximum absolute atomic E-state index is 14.2. The van der Waals surface area contributed by atoms with Gasteiger partial charge in [-0.05, 0) is 42.8 Å². The van der Waals surface area contributed by atoms with Crippen LogP contribution in [-0.2, 0) is 6.61 Å². The van der Waals surface area contributed by atoms with E-state index in [4.69, 9.17) is 15.2 Å². The van der Waals surface area contributed by atoms with Gasteiger partial charge in [0, 0.05) is 15.8 Å². The van der Waals surface area contributed by atoms with Crippen LogP contribution >= 0.6 is 11.3 Å². The number of para-hydroxylation sites is 1. The molecule has 0 fully saturated rings. The highest BCUT2D eigenvalue weighted by Crippen LogP contribution is 2.37. The number of aromatic nitrogens is 4. The highest BCUT2D eigenvalue weighted by atomic mass is 32.1. The lowest BCUT2D eigenvalue weighted by molar-refractivity contribution is 0.285. The number of hydrogen-bond donors (Lipinski definition) is 2. The number of hydrogen-bond acceptors (Lipinski definition) is 8. The molecule has 2 aromatic carbocycles. The van der Waals surface area contributed by atoms with Gasteiger partial charge in [-0.15, -0.1) is 11.3 Å². The standard InChI is InChI=1S/C27H20FN5O3S/c1-14(33-27-22(26(29)30-13-31-27)23(32-33)16-10-18(11-34)37-12-16)25-21(15-5-4-6-17(28)9-15)24(35)19-7-2-3-8-20(19)36-25/h2-10,12-14,34H,11H2,1H3,(H2,29,30,31). The fraction of sp³-hybridized carbons (Fsp3) is 0.111. The number of nitrogens with zero attached hydrogens (tertiary/aromatic N) is 4. The van der Waals surface area contributed by atoms with E-state index in [9.17, 15) is 14.3 Å². The van der Waals surface area contributed by atoms with Crippen LogP contribution in [0.3, 0.4) is 0 Å². The number of rotatable bonds is 5. The molecule has 8 nitrogen and oxygen atoms in total. The Morgan fingerprint density at radius 2 is 1.97 bits per heavy atom. The van der Waals surface area contributed by atoms with Crippen molar-refractivity contribution in [2.45, 2.75) is 19.6 Å². The first-order chi connectivity index (χ1) is 18.0. The lowest BCUT2D eigenvalue weighted by Crippen LogP contribution is -2.16. The van der Waals surface area contributed by atoms with E-state index in [1.807, 2.05) is 18.4 Å². The van der Waals surface area contributed by atoms with E-state index in [0.29, 0.717) is 39.0 Å². The van der Waals surface area contributed by atoms with Crippen molar-refractivity contribution in [3.8, 4) is 22.4 Å². The Hall–Kier alpha value is -4.41. The second-order valence-electron chi connectivity index (χ2n) is 8.56. The van der Waals surface area contributed by atoms with Gasteiger partial charge in [0.1, 0.15) is 41.0 Å². The summed E-state index contributed by atoms with van der Waals surface area (Å²) in [4.78, 5) is 23.1. The summed E-state index contributed by atoms with van der Waals surface area (Å²) in [5.74, 6) is 0.0949. The Balaban J connectivity index is 1.63. The molecule has 0 aliphatic heterocycles. The maximum atomic E-state index is 14.2. The Bertz CT molecular complexity index is 1860. The predicted molar refractivity (Wildman–Crippen MR) is 141 cm³/mol. The number of halogens is 1. The summed E-state index contributed by atoms with van der Waals surface area (Å²) in [6, 6.07) is 14.0. The molecule has 0 saturated carbocycles. The Morgan fingerprint density at radius 3 is 2.76 bits per heavy atom. The number of aliphatic hydroxyl groups is 1. The molecule has 0 aliphatic rings. The van der Waals surface area contributed by atoms with Crippen LogP contribution in [-0.4, -0.2) is 24.9 Å². The lowest BCUT2D eigenvalue weighted by Gasteiger charge is -2.17. The third kappa shape index (κ3) is 3.78. The van der Waals surface area contributed by atoms with Crippen molar-refractivity contribution in [3.63, 3.8) is 0 Å². The molecule has 184 valence electrons. The number of nitrogens with two attached hydrogens (primary N) is 1. The highest BCUT2D eigenvalue weighted by Gasteiger charge is 2.27. The third-order valence-electron chi connectivity index (χ3n) is 6.29. The average molecular weight is 514 g/mol. The van der Waals surface area contributed by atoms with Gasteiger partial charge >= 0.3 is 0 Å². The van der Waals surface area contributed by atoms with Gasteiger partial charge in [0.2, 0.25) is 5.43 Å². The van der Waals surface area contributed by atoms with Crippen molar-refractivity contribution in [2.24, 2.45) is 0 Å². The van der Waals surface area contributed by atoms with Gasteiger partial charge in [-0.1, -0.05) is 24.3 Å². The minimum atomic E-state index is -0.628. The molecular weight excluding hydrogens is 493 g/mol. The van der Waals surface area contributed by atoms with Crippen LogP contribution in [0, 0.1) is 5.82 Å². The van der Waals surface area contributed by atoms with Crippen LogP contribution in [0.4, 0.5) is 10.2 Å². The van der Waals surface area contributed by atoms with E-state index >= 15 is 0 Å². The fourth-order valence-corrected chi connectivity index (χ4v) is 5.26. The van der Waals surface area contributed by atoms with E-state index in [0.717, 1.165) is 10.4 Å². The molecule has 0 spiro atoms. The second kappa shape index (κ2) is 8.91. The number of benzene rings is 2. The summed E-state index contributed by atoms with van der Waals surface area (Å²) in [5, 5.41) is 17.2. The molecule has 0 aliphatic carbocycles. The first-order valence-electron chi connectivity index (χ1n) is 11.4. The summed E-state index contributed by atoms with van der Waals surface area (Å²) >= 11 is 1.40. The summed E-state index contributed by atoms with van der Waals surface area (Å²) in [5.41, 5.74) is 8.80. The van der Waals surface area contributed by atoms with E-state index in [1.54, 1.807) is 41.1 Å². The molecule has 6 aromatic rings. The first kappa shape index (κ1) is 23.0. The van der Waals surface area contributed by atoms with Crippen molar-refractivity contribution >= 4 is 39.2 Å². The minimum Gasteiger partial charge on any atom is -0.458 e. The molecule has 4 aromatic heterocycles. The van der Waals surface area contributed by atoms with Crippen LogP contribution < -0.4 is 11.2 Å². The minimum absolute atomic E-state index is 0.0923. The second-order valence-corrected chi connectivity index (χ2v) is 9.56. The molecule has 0 saturated heterocycles. The van der Waals surface area contributed by atoms with E-state index in [1.165, 1.54) is 29.8 Å². The van der Waals surface area contributed by atoms with E-state index in [2.05, 4.69) is 9.97 Å². The van der Waals surface area contributed by atoms with Gasteiger partial charge in [0.15, 0.2) is 5.65 Å². The quantitative estimate of drug-likeness (QED) is 0.327. The Labute approximate surface area is 213 Å². The van der Waals surface area contributed by atoms with E-state index in [-0.39, 0.29) is 23.4 Å². The van der Waals surface area contributed by atoms with Crippen LogP contribution in [0.1, 0.15) is 23.6 Å². The molecule has 10 heteroatoms. The van der Waals surface area contributed by atoms with E-state index < -0.39 is 11.9 Å². The molecule has 4 heterocycles. The van der Waals surface area contributed by atoms with Gasteiger partial charge in [0.05, 0.1) is 22.9 Å². The zero-order chi connectivity index (χ0) is 25.7. The molecule has 37 heavy (non-hydrogen) atoms. The SMILES string of the molecule is CC(c1oc2ccccc2c(=O)c1-c1cccc(F)c1)n1nc(-c2csc(CO)c2)c2c(N)ncnc21. The van der Waals surface area contributed by atoms with Gasteiger partial charge in [-0.25, -0.2) is 19.0 Å². The highest BCUT2D eigenvalue weighted by molar-refractivity contribution is 7.10. The van der Waals surface area contributed by atoms with Gasteiger partial charge in [0.25, 0.3) is 0 Å². The largest absolute Gasteiger partial charge is 0.458 e. The molecule has 0 radical (unpaired) electrons. The zero-order valence-electron chi connectivity index (χ0n) is 19.6. The predicted octanol–water partition coefficient (Wildman–Crippen LogP) is 5.15. The zero-order valence-corrected chi connectivity index (χ0v) is 20.4. The molecule has 6 rings (SSSR count). The van der Waals surface area contributed by atoms with Crippen molar-refractivity contribution < 1.29 is 13.9 Å². The lowest BCUT2D eigenvalue weighted by atomic mass is 9.99. The summed E-state index contributed by atoms with van der Waals surface area (Å²) < 4.78 is 22.2. The smallest absolute Gasteiger partial charge is 0.200 e. The number of aliphatic hydroxyl groups excluding tert-OH is 1. The summed E-state index contributed by atoms with van der Waals surface area (Å²) in [7, 11) is 0. The molecule has 0 amide bonds. The topological polar surface area (TPSA) is 120 Å². The number of fused-ring (bicyclic) bond motifs is 2. The summed E-state index contributed by atoms with van der Waals surface area (Å²) in [6.07, 6.45) is 1.35. The van der Waals surface area contributed by atoms with Crippen LogP contribution in [0.2, 0.25) is 0 Å². The third-order valence-corrected chi connectivity index (χ3v) is 7.21. The average Bonchev–Trinajstić information content (AvgIpc) is 3.54. The molecular formula is C27H20FN5O3S. The summed E-state index contributed by atoms with van der Waals surface area (Å²) in [6.45, 7) is 1.74. The van der Waals surface area contributed by atoms with Crippen LogP contribution in [0.15, 0.2) is 75.5 Å². The normalized spacial score (nSPS) is 12.4. The van der Waals surface area contributed by atoms with Crippen molar-refractivity contribution in [1.82, 2.24) is 19.7 Å². The van der Waals surface area contributed by atoms with Crippen LogP contribution in [0.5, 0.6) is 0 Å². The van der Waals surface area contributed by atoms with Crippen LogP contribution in [0.25, 0.3) is 44.4 Å². The number of nitrogen functional groups attached to an aromatic ring is 1. The molecule has 3 N–H and O–H groups in total. The van der Waals surface area contributed by atoms with Crippen molar-refractivity contribution in [2.75, 3.05) is 5.73 Å². The number of thiophene rings is 1. The molecule has 0 bridgehead atoms. The number of anilines is 1.